The van der Waals surface area contributed by atoms with Crippen molar-refractivity contribution in [3.8, 4) is 0 Å². The Hall–Kier alpha value is -2.49. The molecule has 1 atom stereocenters. The Morgan fingerprint density at radius 1 is 0.850 bits per heavy atom. The van der Waals surface area contributed by atoms with Gasteiger partial charge in [0.2, 0.25) is 11.8 Å². The standard InChI is InChI=1S/C28H29Cl4N3O4S/c1-17(2)33-28(37)19(4)34(15-20-7-8-21(29)13-25(20)31)27(36)16-35(22-9-12-24(30)26(32)14-22)40(38,39)23-10-5-18(3)6-11-23/h5-14,17,19H,15-16H2,1-4H3,(H,33,37). The molecule has 1 unspecified atom stereocenters. The van der Waals surface area contributed by atoms with Gasteiger partial charge in [0.05, 0.1) is 20.6 Å². The second-order valence-electron chi connectivity index (χ2n) is 9.52. The zero-order chi connectivity index (χ0) is 29.8. The molecule has 0 aliphatic rings. The number of nitrogens with zero attached hydrogens (tertiary/aromatic N) is 2. The molecule has 2 amide bonds. The summed E-state index contributed by atoms with van der Waals surface area (Å²) in [6.07, 6.45) is 0. The molecule has 0 saturated heterocycles. The highest BCUT2D eigenvalue weighted by Gasteiger charge is 2.33. The molecule has 3 rings (SSSR count). The van der Waals surface area contributed by atoms with Crippen LogP contribution in [-0.4, -0.2) is 43.8 Å². The Morgan fingerprint density at radius 2 is 1.50 bits per heavy atom. The molecule has 0 heterocycles. The zero-order valence-electron chi connectivity index (χ0n) is 22.3. The Kier molecular flexibility index (Phi) is 10.8. The van der Waals surface area contributed by atoms with Gasteiger partial charge in [-0.25, -0.2) is 8.42 Å². The van der Waals surface area contributed by atoms with Gasteiger partial charge in [-0.1, -0.05) is 70.2 Å². The fourth-order valence-electron chi connectivity index (χ4n) is 3.83. The van der Waals surface area contributed by atoms with E-state index in [9.17, 15) is 18.0 Å². The van der Waals surface area contributed by atoms with Crippen LogP contribution in [0.3, 0.4) is 0 Å². The van der Waals surface area contributed by atoms with Crippen LogP contribution in [0.5, 0.6) is 0 Å². The Labute approximate surface area is 255 Å². The fraction of sp³-hybridized carbons (Fsp3) is 0.286. The van der Waals surface area contributed by atoms with Gasteiger partial charge in [-0.05, 0) is 75.7 Å². The van der Waals surface area contributed by atoms with Crippen molar-refractivity contribution in [2.75, 3.05) is 10.8 Å². The van der Waals surface area contributed by atoms with Crippen LogP contribution in [0, 0.1) is 6.92 Å². The Balaban J connectivity index is 2.08. The molecule has 0 aliphatic carbocycles. The van der Waals surface area contributed by atoms with Crippen molar-refractivity contribution in [3.05, 3.63) is 91.9 Å². The van der Waals surface area contributed by atoms with Crippen LogP contribution in [0.4, 0.5) is 5.69 Å². The van der Waals surface area contributed by atoms with E-state index in [0.717, 1.165) is 9.87 Å². The molecule has 214 valence electrons. The van der Waals surface area contributed by atoms with E-state index in [-0.39, 0.29) is 33.2 Å². The number of carbonyl (C=O) groups is 2. The summed E-state index contributed by atoms with van der Waals surface area (Å²) in [4.78, 5) is 28.2. The molecule has 40 heavy (non-hydrogen) atoms. The van der Waals surface area contributed by atoms with Gasteiger partial charge in [-0.15, -0.1) is 0 Å². The molecule has 3 aromatic rings. The zero-order valence-corrected chi connectivity index (χ0v) is 26.1. The van der Waals surface area contributed by atoms with Crippen LogP contribution in [0.25, 0.3) is 0 Å². The van der Waals surface area contributed by atoms with E-state index in [1.54, 1.807) is 45.0 Å². The molecular weight excluding hydrogens is 616 g/mol. The van der Waals surface area contributed by atoms with E-state index in [2.05, 4.69) is 5.32 Å². The molecule has 0 aliphatic heterocycles. The van der Waals surface area contributed by atoms with Crippen LogP contribution >= 0.6 is 46.4 Å². The quantitative estimate of drug-likeness (QED) is 0.265. The number of hydrogen-bond acceptors (Lipinski definition) is 4. The van der Waals surface area contributed by atoms with Gasteiger partial charge in [-0.3, -0.25) is 13.9 Å². The average Bonchev–Trinajstić information content (AvgIpc) is 2.87. The van der Waals surface area contributed by atoms with Crippen LogP contribution in [0.15, 0.2) is 65.6 Å². The highest BCUT2D eigenvalue weighted by molar-refractivity contribution is 7.92. The molecule has 0 fully saturated rings. The van der Waals surface area contributed by atoms with Gasteiger partial charge >= 0.3 is 0 Å². The molecule has 0 aromatic heterocycles. The van der Waals surface area contributed by atoms with Gasteiger partial charge in [0.15, 0.2) is 0 Å². The van der Waals surface area contributed by atoms with Crippen molar-refractivity contribution in [2.45, 2.75) is 51.2 Å². The summed E-state index contributed by atoms with van der Waals surface area (Å²) in [6, 6.07) is 14.2. The molecule has 1 N–H and O–H groups in total. The lowest BCUT2D eigenvalue weighted by Crippen LogP contribution is -2.52. The third-order valence-electron chi connectivity index (χ3n) is 6.03. The molecule has 3 aromatic carbocycles. The summed E-state index contributed by atoms with van der Waals surface area (Å²) in [6.45, 7) is 6.30. The number of benzene rings is 3. The first-order chi connectivity index (χ1) is 18.7. The van der Waals surface area contributed by atoms with Crippen molar-refractivity contribution in [2.24, 2.45) is 0 Å². The summed E-state index contributed by atoms with van der Waals surface area (Å²) in [5, 5.41) is 3.85. The molecule has 0 radical (unpaired) electrons. The van der Waals surface area contributed by atoms with E-state index in [1.807, 2.05) is 6.92 Å². The van der Waals surface area contributed by atoms with Crippen molar-refractivity contribution in [1.29, 1.82) is 0 Å². The SMILES string of the molecule is Cc1ccc(S(=O)(=O)N(CC(=O)N(Cc2ccc(Cl)cc2Cl)C(C)C(=O)NC(C)C)c2ccc(Cl)c(Cl)c2)cc1. The number of rotatable bonds is 10. The van der Waals surface area contributed by atoms with Crippen molar-refractivity contribution in [1.82, 2.24) is 10.2 Å². The number of sulfonamides is 1. The maximum absolute atomic E-state index is 13.9. The van der Waals surface area contributed by atoms with Crippen molar-refractivity contribution in [3.63, 3.8) is 0 Å². The number of halogens is 4. The van der Waals surface area contributed by atoms with Gasteiger partial charge < -0.3 is 10.2 Å². The molecule has 0 saturated carbocycles. The normalized spacial score (nSPS) is 12.2. The topological polar surface area (TPSA) is 86.8 Å². The number of anilines is 1. The van der Waals surface area contributed by atoms with Crippen LogP contribution < -0.4 is 9.62 Å². The number of nitrogens with one attached hydrogen (secondary N) is 1. The first-order valence-corrected chi connectivity index (χ1v) is 15.2. The minimum atomic E-state index is -4.24. The largest absolute Gasteiger partial charge is 0.352 e. The predicted molar refractivity (Wildman–Crippen MR) is 162 cm³/mol. The number of hydrogen-bond donors (Lipinski definition) is 1. The lowest BCUT2D eigenvalue weighted by atomic mass is 10.1. The summed E-state index contributed by atoms with van der Waals surface area (Å²) < 4.78 is 28.7. The second-order valence-corrected chi connectivity index (χ2v) is 13.0. The monoisotopic (exact) mass is 643 g/mol. The van der Waals surface area contributed by atoms with Gasteiger partial charge in [-0.2, -0.15) is 0 Å². The maximum Gasteiger partial charge on any atom is 0.264 e. The third kappa shape index (κ3) is 7.83. The van der Waals surface area contributed by atoms with Gasteiger partial charge in [0.25, 0.3) is 10.0 Å². The first kappa shape index (κ1) is 32.0. The van der Waals surface area contributed by atoms with E-state index in [1.165, 1.54) is 41.3 Å². The van der Waals surface area contributed by atoms with Gasteiger partial charge in [0, 0.05) is 22.6 Å². The van der Waals surface area contributed by atoms with Crippen molar-refractivity contribution >= 4 is 73.9 Å². The second kappa shape index (κ2) is 13.4. The highest BCUT2D eigenvalue weighted by Crippen LogP contribution is 2.31. The minimum Gasteiger partial charge on any atom is -0.352 e. The highest BCUT2D eigenvalue weighted by atomic mass is 35.5. The third-order valence-corrected chi connectivity index (χ3v) is 9.15. The summed E-state index contributed by atoms with van der Waals surface area (Å²) in [7, 11) is -4.24. The maximum atomic E-state index is 13.9. The predicted octanol–water partition coefficient (Wildman–Crippen LogP) is 6.75. The molecule has 7 nitrogen and oxygen atoms in total. The lowest BCUT2D eigenvalue weighted by Gasteiger charge is -2.32. The van der Waals surface area contributed by atoms with E-state index in [4.69, 9.17) is 46.4 Å². The number of carbonyl (C=O) groups excluding carboxylic acids is 2. The Morgan fingerprint density at radius 3 is 2.08 bits per heavy atom. The summed E-state index contributed by atoms with van der Waals surface area (Å²) in [5.41, 5.74) is 1.53. The van der Waals surface area contributed by atoms with E-state index < -0.39 is 34.4 Å². The van der Waals surface area contributed by atoms with E-state index >= 15 is 0 Å². The average molecular weight is 645 g/mol. The molecule has 0 bridgehead atoms. The van der Waals surface area contributed by atoms with E-state index in [0.29, 0.717) is 15.6 Å². The Bertz CT molecular complexity index is 1500. The smallest absolute Gasteiger partial charge is 0.264 e. The first-order valence-electron chi connectivity index (χ1n) is 12.3. The van der Waals surface area contributed by atoms with Crippen molar-refractivity contribution < 1.29 is 18.0 Å². The minimum absolute atomic E-state index is 0.0186. The number of amides is 2. The molecule has 0 spiro atoms. The molecule has 12 heteroatoms. The summed E-state index contributed by atoms with van der Waals surface area (Å²) >= 11 is 24.7. The summed E-state index contributed by atoms with van der Waals surface area (Å²) in [5.74, 6) is -1.05. The fourth-order valence-corrected chi connectivity index (χ4v) is 5.99. The van der Waals surface area contributed by atoms with Crippen LogP contribution in [0.2, 0.25) is 20.1 Å². The van der Waals surface area contributed by atoms with Crippen LogP contribution in [0.1, 0.15) is 31.9 Å². The molecular formula is C28H29Cl4N3O4S. The van der Waals surface area contributed by atoms with Crippen LogP contribution in [-0.2, 0) is 26.2 Å². The number of aryl methyl sites for hydroxylation is 1. The lowest BCUT2D eigenvalue weighted by molar-refractivity contribution is -0.139. The van der Waals surface area contributed by atoms with Gasteiger partial charge in [0.1, 0.15) is 12.6 Å².